The minimum Gasteiger partial charge on any atom is -0.385 e. The monoisotopic (exact) mass is 832 g/mol. The van der Waals surface area contributed by atoms with Gasteiger partial charge in [-0.25, -0.2) is 0 Å². The lowest BCUT2D eigenvalue weighted by Crippen LogP contribution is -2.66. The van der Waals surface area contributed by atoms with E-state index in [4.69, 9.17) is 42.6 Å². The van der Waals surface area contributed by atoms with Crippen molar-refractivity contribution in [3.8, 4) is 0 Å². The van der Waals surface area contributed by atoms with Gasteiger partial charge in [0.2, 0.25) is 0 Å². The predicted octanol–water partition coefficient (Wildman–Crippen LogP) is 6.94. The van der Waals surface area contributed by atoms with Crippen LogP contribution in [0.2, 0.25) is 0 Å². The molecular formula is C50H56O11. The Labute approximate surface area is 358 Å². The first kappa shape index (κ1) is 44.5. The molecule has 5 aromatic carbocycles. The highest BCUT2D eigenvalue weighted by Crippen LogP contribution is 2.35. The van der Waals surface area contributed by atoms with E-state index in [9.17, 15) is 10.2 Å². The molecule has 0 unspecified atom stereocenters. The summed E-state index contributed by atoms with van der Waals surface area (Å²) in [4.78, 5) is 0. The standard InChI is InChI=1S/C50H56O11/c1-2-28-55-47-44(56-31-38-22-12-5-13-23-38)41(34-53-29-36-18-8-3-9-19-36)60-50(48(47)58-33-40-26-16-7-17-27-40)61-45-42(35-54-30-37-20-10-4-11-21-37)59-49(52)43(51)46(45)57-32-39-24-14-6-15-25-39/h2-27,41-52H,1,28-35H2/t41-,42-,43-,44+,45-,46-,47+,48-,49-,50+/m1/s1. The maximum absolute atomic E-state index is 11.6. The molecule has 11 heteroatoms. The molecule has 322 valence electrons. The average molecular weight is 833 g/mol. The smallest absolute Gasteiger partial charge is 0.187 e. The average Bonchev–Trinajstić information content (AvgIpc) is 3.30. The van der Waals surface area contributed by atoms with Crippen molar-refractivity contribution < 1.29 is 52.8 Å². The number of rotatable bonds is 22. The summed E-state index contributed by atoms with van der Waals surface area (Å²) in [6.07, 6.45) is -8.62. The molecule has 2 aliphatic rings. The molecule has 0 aliphatic carbocycles. The molecule has 2 aliphatic heterocycles. The van der Waals surface area contributed by atoms with Crippen LogP contribution < -0.4 is 0 Å². The Balaban J connectivity index is 1.22. The highest BCUT2D eigenvalue weighted by Gasteiger charge is 2.53. The van der Waals surface area contributed by atoms with Crippen molar-refractivity contribution in [1.82, 2.24) is 0 Å². The molecule has 7 rings (SSSR count). The second-order valence-electron chi connectivity index (χ2n) is 15.1. The van der Waals surface area contributed by atoms with Gasteiger partial charge in [-0.05, 0) is 27.8 Å². The summed E-state index contributed by atoms with van der Waals surface area (Å²) in [5.41, 5.74) is 4.73. The van der Waals surface area contributed by atoms with E-state index < -0.39 is 61.4 Å². The van der Waals surface area contributed by atoms with Crippen LogP contribution in [0.25, 0.3) is 0 Å². The first-order chi connectivity index (χ1) is 30.1. The molecule has 11 nitrogen and oxygen atoms in total. The normalized spacial score (nSPS) is 26.5. The van der Waals surface area contributed by atoms with Crippen LogP contribution in [0.1, 0.15) is 27.8 Å². The third-order valence-corrected chi connectivity index (χ3v) is 10.6. The molecule has 2 N–H and O–H groups in total. The van der Waals surface area contributed by atoms with E-state index in [-0.39, 0.29) is 46.2 Å². The summed E-state index contributed by atoms with van der Waals surface area (Å²) in [5, 5.41) is 22.6. The van der Waals surface area contributed by atoms with Gasteiger partial charge in [0, 0.05) is 0 Å². The fraction of sp³-hybridized carbons (Fsp3) is 0.360. The minimum atomic E-state index is -1.58. The summed E-state index contributed by atoms with van der Waals surface area (Å²) in [6, 6.07) is 48.9. The van der Waals surface area contributed by atoms with Crippen molar-refractivity contribution in [2.45, 2.75) is 94.4 Å². The molecule has 0 aromatic heterocycles. The van der Waals surface area contributed by atoms with Gasteiger partial charge in [0.05, 0.1) is 52.9 Å². The molecule has 61 heavy (non-hydrogen) atoms. The molecule has 2 fully saturated rings. The van der Waals surface area contributed by atoms with Crippen molar-refractivity contribution >= 4 is 0 Å². The summed E-state index contributed by atoms with van der Waals surface area (Å²) < 4.78 is 59.1. The van der Waals surface area contributed by atoms with E-state index in [1.165, 1.54) is 0 Å². The Hall–Kier alpha value is -4.60. The first-order valence-electron chi connectivity index (χ1n) is 20.8. The molecular weight excluding hydrogens is 777 g/mol. The summed E-state index contributed by atoms with van der Waals surface area (Å²) in [7, 11) is 0. The molecule has 0 bridgehead atoms. The van der Waals surface area contributed by atoms with Gasteiger partial charge in [0.1, 0.15) is 48.8 Å². The molecule has 2 saturated heterocycles. The van der Waals surface area contributed by atoms with Gasteiger partial charge in [0.15, 0.2) is 12.6 Å². The van der Waals surface area contributed by atoms with Crippen LogP contribution in [0, 0.1) is 0 Å². The zero-order chi connectivity index (χ0) is 42.1. The maximum atomic E-state index is 11.6. The highest BCUT2D eigenvalue weighted by molar-refractivity contribution is 5.17. The second kappa shape index (κ2) is 23.6. The first-order valence-corrected chi connectivity index (χ1v) is 20.8. The van der Waals surface area contributed by atoms with Gasteiger partial charge >= 0.3 is 0 Å². The van der Waals surface area contributed by atoms with E-state index in [2.05, 4.69) is 6.58 Å². The fourth-order valence-corrected chi connectivity index (χ4v) is 7.46. The fourth-order valence-electron chi connectivity index (χ4n) is 7.46. The van der Waals surface area contributed by atoms with Gasteiger partial charge in [-0.2, -0.15) is 0 Å². The van der Waals surface area contributed by atoms with Crippen molar-refractivity contribution in [2.24, 2.45) is 0 Å². The highest BCUT2D eigenvalue weighted by atomic mass is 16.7. The van der Waals surface area contributed by atoms with Crippen molar-refractivity contribution in [2.75, 3.05) is 19.8 Å². The summed E-state index contributed by atoms with van der Waals surface area (Å²) >= 11 is 0. The molecule has 5 aromatic rings. The van der Waals surface area contributed by atoms with Gasteiger partial charge in [-0.1, -0.05) is 158 Å². The second-order valence-corrected chi connectivity index (χ2v) is 15.1. The van der Waals surface area contributed by atoms with E-state index in [0.717, 1.165) is 27.8 Å². The Morgan fingerprint density at radius 1 is 0.443 bits per heavy atom. The molecule has 0 radical (unpaired) electrons. The molecule has 0 amide bonds. The molecule has 2 heterocycles. The van der Waals surface area contributed by atoms with Crippen molar-refractivity contribution in [3.63, 3.8) is 0 Å². The molecule has 0 saturated carbocycles. The summed E-state index contributed by atoms with van der Waals surface area (Å²) in [5.74, 6) is 0. The Morgan fingerprint density at radius 2 is 0.836 bits per heavy atom. The van der Waals surface area contributed by atoms with E-state index in [0.29, 0.717) is 6.61 Å². The van der Waals surface area contributed by atoms with E-state index in [1.54, 1.807) is 6.08 Å². The Bertz CT molecular complexity index is 1960. The SMILES string of the molecule is C=CCO[C@H]1[C@@H](OCc2ccccc2)[C@@H](COCc2ccccc2)O[C@@H](O[C@H]2[C@H](OCc3ccccc3)[C@@H](O)[C@H](O)O[C@@H]2COCc2ccccc2)[C@@H]1OCc1ccccc1. The van der Waals surface area contributed by atoms with Crippen LogP contribution in [-0.4, -0.2) is 91.4 Å². The van der Waals surface area contributed by atoms with Crippen LogP contribution in [0.3, 0.4) is 0 Å². The van der Waals surface area contributed by atoms with Gasteiger partial charge in [-0.15, -0.1) is 6.58 Å². The quantitative estimate of drug-likeness (QED) is 0.0706. The lowest BCUT2D eigenvalue weighted by Gasteiger charge is -2.49. The van der Waals surface area contributed by atoms with Gasteiger partial charge in [-0.3, -0.25) is 0 Å². The van der Waals surface area contributed by atoms with Crippen LogP contribution in [0.5, 0.6) is 0 Å². The van der Waals surface area contributed by atoms with Crippen molar-refractivity contribution in [3.05, 3.63) is 192 Å². The maximum Gasteiger partial charge on any atom is 0.187 e. The number of benzene rings is 5. The van der Waals surface area contributed by atoms with E-state index in [1.807, 2.05) is 152 Å². The predicted molar refractivity (Wildman–Crippen MR) is 228 cm³/mol. The topological polar surface area (TPSA) is 124 Å². The minimum absolute atomic E-state index is 0.000380. The van der Waals surface area contributed by atoms with Crippen LogP contribution in [-0.2, 0) is 75.7 Å². The third-order valence-electron chi connectivity index (χ3n) is 10.6. The van der Waals surface area contributed by atoms with Gasteiger partial charge in [0.25, 0.3) is 0 Å². The third kappa shape index (κ3) is 13.0. The number of hydrogen-bond acceptors (Lipinski definition) is 11. The Kier molecular flexibility index (Phi) is 17.2. The van der Waals surface area contributed by atoms with Crippen molar-refractivity contribution in [1.29, 1.82) is 0 Å². The summed E-state index contributed by atoms with van der Waals surface area (Å²) in [6.45, 7) is 5.45. The molecule has 0 spiro atoms. The number of hydrogen-bond donors (Lipinski definition) is 2. The lowest BCUT2D eigenvalue weighted by molar-refractivity contribution is -0.370. The van der Waals surface area contributed by atoms with Crippen LogP contribution >= 0.6 is 0 Å². The molecule has 10 atom stereocenters. The number of aliphatic hydroxyl groups is 2. The number of ether oxygens (including phenoxy) is 9. The van der Waals surface area contributed by atoms with E-state index >= 15 is 0 Å². The largest absolute Gasteiger partial charge is 0.385 e. The number of aliphatic hydroxyl groups excluding tert-OH is 2. The van der Waals surface area contributed by atoms with Crippen LogP contribution in [0.15, 0.2) is 164 Å². The zero-order valence-electron chi connectivity index (χ0n) is 34.2. The lowest BCUT2D eigenvalue weighted by atomic mass is 9.96. The zero-order valence-corrected chi connectivity index (χ0v) is 34.2. The Morgan fingerprint density at radius 3 is 1.28 bits per heavy atom. The van der Waals surface area contributed by atoms with Crippen LogP contribution in [0.4, 0.5) is 0 Å². The van der Waals surface area contributed by atoms with Gasteiger partial charge < -0.3 is 52.8 Å².